The number of anilines is 1. The highest BCUT2D eigenvalue weighted by atomic mass is 19.1. The van der Waals surface area contributed by atoms with E-state index in [1.165, 1.54) is 29.8 Å². The summed E-state index contributed by atoms with van der Waals surface area (Å²) in [6, 6.07) is 23.1. The minimum absolute atomic E-state index is 0.136. The number of aryl methyl sites for hydroxylation is 1. The SMILES string of the molecule is Cc1cccc([C@@H]2c3cc(OCc4ccc(C(=O)Nc5ccc(F)cc5)o4)ccc3CCN2C(=O)C2CC2)c1. The van der Waals surface area contributed by atoms with E-state index >= 15 is 0 Å². The molecule has 1 saturated carbocycles. The monoisotopic (exact) mass is 524 g/mol. The van der Waals surface area contributed by atoms with Crippen LogP contribution in [0.25, 0.3) is 0 Å². The highest BCUT2D eigenvalue weighted by Gasteiger charge is 2.39. The molecule has 2 heterocycles. The first-order chi connectivity index (χ1) is 18.9. The van der Waals surface area contributed by atoms with Gasteiger partial charge in [0.05, 0.1) is 6.04 Å². The molecule has 1 N–H and O–H groups in total. The summed E-state index contributed by atoms with van der Waals surface area (Å²) in [6.45, 7) is 2.91. The standard InChI is InChI=1S/C32H29FN2O4/c1-20-3-2-4-23(17-20)30-28-18-26(12-7-21(28)15-16-35(30)32(37)22-5-6-22)38-19-27-13-14-29(39-27)31(36)34-25-10-8-24(33)9-11-25/h2-4,7-14,17-18,22,30H,5-6,15-16,19H2,1H3,(H,34,36)/t30-/m1/s1. The maximum absolute atomic E-state index is 13.3. The molecular weight excluding hydrogens is 495 g/mol. The fourth-order valence-corrected chi connectivity index (χ4v) is 5.14. The molecule has 3 aromatic carbocycles. The van der Waals surface area contributed by atoms with Crippen molar-refractivity contribution in [1.29, 1.82) is 0 Å². The highest BCUT2D eigenvalue weighted by Crippen LogP contribution is 2.41. The van der Waals surface area contributed by atoms with Gasteiger partial charge in [-0.25, -0.2) is 4.39 Å². The molecule has 0 unspecified atom stereocenters. The Hall–Kier alpha value is -4.39. The maximum Gasteiger partial charge on any atom is 0.291 e. The predicted molar refractivity (Wildman–Crippen MR) is 145 cm³/mol. The van der Waals surface area contributed by atoms with Crippen LogP contribution in [0.3, 0.4) is 0 Å². The van der Waals surface area contributed by atoms with Gasteiger partial charge in [-0.3, -0.25) is 9.59 Å². The number of nitrogens with zero attached hydrogens (tertiary/aromatic N) is 1. The minimum Gasteiger partial charge on any atom is -0.486 e. The van der Waals surface area contributed by atoms with Crippen molar-refractivity contribution in [1.82, 2.24) is 4.90 Å². The molecule has 1 aliphatic heterocycles. The van der Waals surface area contributed by atoms with Crippen molar-refractivity contribution in [3.05, 3.63) is 118 Å². The zero-order valence-electron chi connectivity index (χ0n) is 21.7. The molecule has 6 rings (SSSR count). The summed E-state index contributed by atoms with van der Waals surface area (Å²) in [7, 11) is 0. The Labute approximate surface area is 226 Å². The van der Waals surface area contributed by atoms with Crippen molar-refractivity contribution < 1.29 is 23.1 Å². The normalized spacial score (nSPS) is 16.5. The third-order valence-electron chi connectivity index (χ3n) is 7.28. The molecule has 6 nitrogen and oxygen atoms in total. The fourth-order valence-electron chi connectivity index (χ4n) is 5.14. The lowest BCUT2D eigenvalue weighted by Crippen LogP contribution is -2.41. The van der Waals surface area contributed by atoms with E-state index < -0.39 is 5.91 Å². The summed E-state index contributed by atoms with van der Waals surface area (Å²) >= 11 is 0. The van der Waals surface area contributed by atoms with E-state index in [0.29, 0.717) is 23.7 Å². The quantitative estimate of drug-likeness (QED) is 0.302. The Balaban J connectivity index is 1.19. The molecule has 7 heteroatoms. The molecule has 1 aromatic heterocycles. The van der Waals surface area contributed by atoms with Gasteiger partial charge in [0.1, 0.15) is 23.9 Å². The van der Waals surface area contributed by atoms with Crippen LogP contribution in [-0.2, 0) is 17.8 Å². The van der Waals surface area contributed by atoms with Crippen LogP contribution in [0.15, 0.2) is 83.3 Å². The van der Waals surface area contributed by atoms with E-state index in [0.717, 1.165) is 36.0 Å². The van der Waals surface area contributed by atoms with Crippen molar-refractivity contribution in [3.63, 3.8) is 0 Å². The number of hydrogen-bond acceptors (Lipinski definition) is 4. The minimum atomic E-state index is -0.428. The number of benzene rings is 3. The van der Waals surface area contributed by atoms with Gasteiger partial charge in [-0.2, -0.15) is 0 Å². The first-order valence-electron chi connectivity index (χ1n) is 13.2. The second-order valence-corrected chi connectivity index (χ2v) is 10.2. The van der Waals surface area contributed by atoms with Crippen LogP contribution in [0.5, 0.6) is 5.75 Å². The average molecular weight is 525 g/mol. The molecule has 2 amide bonds. The lowest BCUT2D eigenvalue weighted by molar-refractivity contribution is -0.134. The van der Waals surface area contributed by atoms with Gasteiger partial charge >= 0.3 is 0 Å². The molecule has 198 valence electrons. The third-order valence-corrected chi connectivity index (χ3v) is 7.28. The zero-order chi connectivity index (χ0) is 26.9. The van der Waals surface area contributed by atoms with Gasteiger partial charge in [0.15, 0.2) is 5.76 Å². The van der Waals surface area contributed by atoms with Gasteiger partial charge in [0.2, 0.25) is 5.91 Å². The van der Waals surface area contributed by atoms with E-state index in [1.54, 1.807) is 12.1 Å². The summed E-state index contributed by atoms with van der Waals surface area (Å²) in [4.78, 5) is 27.8. The Kier molecular flexibility index (Phi) is 6.65. The summed E-state index contributed by atoms with van der Waals surface area (Å²) in [5.41, 5.74) is 5.03. The summed E-state index contributed by atoms with van der Waals surface area (Å²) in [5.74, 6) is 0.881. The van der Waals surface area contributed by atoms with Crippen LogP contribution < -0.4 is 10.1 Å². The van der Waals surface area contributed by atoms with Crippen LogP contribution in [0.4, 0.5) is 10.1 Å². The number of halogens is 1. The average Bonchev–Trinajstić information content (AvgIpc) is 3.69. The van der Waals surface area contributed by atoms with Crippen LogP contribution in [0.1, 0.15) is 57.5 Å². The van der Waals surface area contributed by atoms with Gasteiger partial charge in [-0.1, -0.05) is 35.9 Å². The number of nitrogens with one attached hydrogen (secondary N) is 1. The Morgan fingerprint density at radius 2 is 1.85 bits per heavy atom. The number of fused-ring (bicyclic) bond motifs is 1. The van der Waals surface area contributed by atoms with E-state index in [1.807, 2.05) is 23.1 Å². The molecule has 1 aliphatic carbocycles. The van der Waals surface area contributed by atoms with E-state index in [4.69, 9.17) is 9.15 Å². The molecule has 0 saturated heterocycles. The van der Waals surface area contributed by atoms with Crippen molar-refractivity contribution >= 4 is 17.5 Å². The summed E-state index contributed by atoms with van der Waals surface area (Å²) in [5, 5.41) is 2.68. The van der Waals surface area contributed by atoms with Gasteiger partial charge in [-0.05, 0) is 91.4 Å². The number of furan rings is 1. The largest absolute Gasteiger partial charge is 0.486 e. The molecule has 2 aliphatic rings. The Morgan fingerprint density at radius 1 is 1.03 bits per heavy atom. The predicted octanol–water partition coefficient (Wildman–Crippen LogP) is 6.44. The van der Waals surface area contributed by atoms with Crippen LogP contribution in [0, 0.1) is 18.7 Å². The van der Waals surface area contributed by atoms with E-state index in [-0.39, 0.29) is 36.1 Å². The lowest BCUT2D eigenvalue weighted by atomic mass is 9.87. The second-order valence-electron chi connectivity index (χ2n) is 10.2. The van der Waals surface area contributed by atoms with E-state index in [9.17, 15) is 14.0 Å². The Bertz CT molecular complexity index is 1520. The van der Waals surface area contributed by atoms with Gasteiger partial charge in [0, 0.05) is 18.2 Å². The summed E-state index contributed by atoms with van der Waals surface area (Å²) < 4.78 is 24.9. The van der Waals surface area contributed by atoms with Gasteiger partial charge in [0.25, 0.3) is 5.91 Å². The topological polar surface area (TPSA) is 71.8 Å². The maximum atomic E-state index is 13.3. The number of hydrogen-bond donors (Lipinski definition) is 1. The first-order valence-corrected chi connectivity index (χ1v) is 13.2. The number of rotatable bonds is 7. The third kappa shape index (κ3) is 5.43. The molecule has 1 atom stereocenters. The van der Waals surface area contributed by atoms with Gasteiger partial charge < -0.3 is 19.4 Å². The van der Waals surface area contributed by atoms with Crippen molar-refractivity contribution in [3.8, 4) is 5.75 Å². The number of ether oxygens (including phenoxy) is 1. The molecule has 0 bridgehead atoms. The highest BCUT2D eigenvalue weighted by molar-refractivity contribution is 6.02. The number of carbonyl (C=O) groups excluding carboxylic acids is 2. The molecule has 39 heavy (non-hydrogen) atoms. The van der Waals surface area contributed by atoms with E-state index in [2.05, 4.69) is 36.5 Å². The van der Waals surface area contributed by atoms with Crippen LogP contribution >= 0.6 is 0 Å². The first kappa shape index (κ1) is 24.9. The molecule has 1 fully saturated rings. The Morgan fingerprint density at radius 3 is 2.62 bits per heavy atom. The van der Waals surface area contributed by atoms with Crippen molar-refractivity contribution in [2.45, 2.75) is 38.8 Å². The lowest BCUT2D eigenvalue weighted by Gasteiger charge is -2.38. The summed E-state index contributed by atoms with van der Waals surface area (Å²) in [6.07, 6.45) is 2.75. The molecule has 0 radical (unpaired) electrons. The zero-order valence-corrected chi connectivity index (χ0v) is 21.7. The smallest absolute Gasteiger partial charge is 0.291 e. The van der Waals surface area contributed by atoms with Gasteiger partial charge in [-0.15, -0.1) is 0 Å². The number of carbonyl (C=O) groups is 2. The van der Waals surface area contributed by atoms with Crippen molar-refractivity contribution in [2.24, 2.45) is 5.92 Å². The molecule has 0 spiro atoms. The molecule has 4 aromatic rings. The number of amides is 2. The van der Waals surface area contributed by atoms with Crippen LogP contribution in [-0.4, -0.2) is 23.3 Å². The fraction of sp³-hybridized carbons (Fsp3) is 0.250. The van der Waals surface area contributed by atoms with Crippen molar-refractivity contribution in [2.75, 3.05) is 11.9 Å². The second kappa shape index (κ2) is 10.4. The molecular formula is C32H29FN2O4. The van der Waals surface area contributed by atoms with Crippen LogP contribution in [0.2, 0.25) is 0 Å².